The highest BCUT2D eigenvalue weighted by atomic mass is 79.9. The first kappa shape index (κ1) is 20.4. The van der Waals surface area contributed by atoms with Gasteiger partial charge in [-0.2, -0.15) is 4.72 Å². The Morgan fingerprint density at radius 2 is 1.69 bits per heavy atom. The summed E-state index contributed by atoms with van der Waals surface area (Å²) in [5.41, 5.74) is 1.80. The van der Waals surface area contributed by atoms with E-state index in [1.807, 2.05) is 6.92 Å². The molecular formula is C19H20BrNO4S. The summed E-state index contributed by atoms with van der Waals surface area (Å²) in [6.07, 6.45) is 1.55. The molecule has 0 saturated carbocycles. The van der Waals surface area contributed by atoms with Gasteiger partial charge in [0.15, 0.2) is 0 Å². The molecule has 0 spiro atoms. The Morgan fingerprint density at radius 1 is 1.12 bits per heavy atom. The van der Waals surface area contributed by atoms with Crippen LogP contribution in [0.15, 0.2) is 69.5 Å². The van der Waals surface area contributed by atoms with Crippen LogP contribution in [-0.4, -0.2) is 21.5 Å². The van der Waals surface area contributed by atoms with Gasteiger partial charge in [0.2, 0.25) is 10.0 Å². The summed E-state index contributed by atoms with van der Waals surface area (Å²) in [4.78, 5) is 12.3. The molecule has 0 amide bonds. The van der Waals surface area contributed by atoms with Crippen molar-refractivity contribution < 1.29 is 17.9 Å². The molecule has 0 radical (unpaired) electrons. The second-order valence-corrected chi connectivity index (χ2v) is 8.28. The number of ether oxygens (including phenoxy) is 1. The summed E-state index contributed by atoms with van der Waals surface area (Å²) in [5, 5.41) is 0. The maximum absolute atomic E-state index is 12.8. The third-order valence-corrected chi connectivity index (χ3v) is 5.82. The Bertz CT molecular complexity index is 904. The summed E-state index contributed by atoms with van der Waals surface area (Å²) in [7, 11) is -2.58. The minimum atomic E-state index is -3.84. The van der Waals surface area contributed by atoms with Gasteiger partial charge >= 0.3 is 5.97 Å². The molecule has 2 aromatic rings. The van der Waals surface area contributed by atoms with Crippen LogP contribution in [0.1, 0.15) is 24.1 Å². The number of methoxy groups -OCH3 is 1. The van der Waals surface area contributed by atoms with Crippen LogP contribution in [0.5, 0.6) is 0 Å². The molecule has 0 saturated heterocycles. The van der Waals surface area contributed by atoms with Crippen molar-refractivity contribution in [3.8, 4) is 0 Å². The molecule has 0 aromatic heterocycles. The molecule has 0 bridgehead atoms. The standard InChI is InChI=1S/C19H20BrNO4S/c1-4-17(19(22)25-3)18(14-7-9-15(20)10-8-14)21-26(23,24)16-11-5-13(2)6-12-16/h4-12,18,21H,1-3H3. The molecule has 0 fully saturated rings. The molecule has 1 N–H and O–H groups in total. The zero-order chi connectivity index (χ0) is 19.3. The van der Waals surface area contributed by atoms with Crippen LogP contribution >= 0.6 is 15.9 Å². The minimum Gasteiger partial charge on any atom is -0.466 e. The lowest BCUT2D eigenvalue weighted by Crippen LogP contribution is -2.32. The molecule has 0 aliphatic rings. The van der Waals surface area contributed by atoms with E-state index in [0.717, 1.165) is 10.0 Å². The normalized spacial score (nSPS) is 13.3. The number of aryl methyl sites for hydroxylation is 1. The van der Waals surface area contributed by atoms with E-state index in [4.69, 9.17) is 4.74 Å². The van der Waals surface area contributed by atoms with Gasteiger partial charge in [0.1, 0.15) is 0 Å². The summed E-state index contributed by atoms with van der Waals surface area (Å²) in [6.45, 7) is 3.54. The van der Waals surface area contributed by atoms with Gasteiger partial charge in [-0.05, 0) is 43.7 Å². The number of allylic oxidation sites excluding steroid dienone is 1. The van der Waals surface area contributed by atoms with Crippen molar-refractivity contribution in [1.82, 2.24) is 4.72 Å². The fourth-order valence-corrected chi connectivity index (χ4v) is 3.90. The number of nitrogens with one attached hydrogen (secondary N) is 1. The third kappa shape index (κ3) is 4.81. The van der Waals surface area contributed by atoms with Gasteiger partial charge in [-0.3, -0.25) is 0 Å². The average Bonchev–Trinajstić information content (AvgIpc) is 2.62. The molecule has 1 unspecified atom stereocenters. The smallest absolute Gasteiger partial charge is 0.335 e. The van der Waals surface area contributed by atoms with Gasteiger partial charge in [-0.25, -0.2) is 13.2 Å². The molecule has 5 nitrogen and oxygen atoms in total. The van der Waals surface area contributed by atoms with Gasteiger partial charge in [0.25, 0.3) is 0 Å². The highest BCUT2D eigenvalue weighted by Crippen LogP contribution is 2.27. The summed E-state index contributed by atoms with van der Waals surface area (Å²) in [5.74, 6) is -0.591. The molecule has 0 aliphatic carbocycles. The zero-order valence-electron chi connectivity index (χ0n) is 14.7. The Balaban J connectivity index is 2.48. The second kappa shape index (κ2) is 8.62. The van der Waals surface area contributed by atoms with E-state index < -0.39 is 22.0 Å². The number of esters is 1. The Labute approximate surface area is 162 Å². The van der Waals surface area contributed by atoms with Crippen molar-refractivity contribution in [3.05, 3.63) is 75.8 Å². The Morgan fingerprint density at radius 3 is 2.19 bits per heavy atom. The van der Waals surface area contributed by atoms with E-state index in [9.17, 15) is 13.2 Å². The molecular weight excluding hydrogens is 418 g/mol. The van der Waals surface area contributed by atoms with Crippen molar-refractivity contribution in [1.29, 1.82) is 0 Å². The predicted molar refractivity (Wildman–Crippen MR) is 104 cm³/mol. The van der Waals surface area contributed by atoms with Crippen LogP contribution in [0.4, 0.5) is 0 Å². The monoisotopic (exact) mass is 437 g/mol. The number of hydrogen-bond donors (Lipinski definition) is 1. The van der Waals surface area contributed by atoms with Crippen molar-refractivity contribution >= 4 is 31.9 Å². The van der Waals surface area contributed by atoms with Gasteiger partial charge in [0, 0.05) is 4.47 Å². The predicted octanol–water partition coefficient (Wildman–Crippen LogP) is 3.90. The molecule has 2 aromatic carbocycles. The van der Waals surface area contributed by atoms with Crippen LogP contribution in [-0.2, 0) is 19.6 Å². The highest BCUT2D eigenvalue weighted by molar-refractivity contribution is 9.10. The summed E-state index contributed by atoms with van der Waals surface area (Å²) >= 11 is 3.35. The lowest BCUT2D eigenvalue weighted by atomic mass is 9.99. The number of hydrogen-bond acceptors (Lipinski definition) is 4. The van der Waals surface area contributed by atoms with Crippen LogP contribution in [0, 0.1) is 6.92 Å². The van der Waals surface area contributed by atoms with Crippen LogP contribution in [0.3, 0.4) is 0 Å². The van der Waals surface area contributed by atoms with Gasteiger partial charge < -0.3 is 4.74 Å². The number of carbonyl (C=O) groups excluding carboxylic acids is 1. The fraction of sp³-hybridized carbons (Fsp3) is 0.211. The lowest BCUT2D eigenvalue weighted by Gasteiger charge is -2.21. The topological polar surface area (TPSA) is 72.5 Å². The fourth-order valence-electron chi connectivity index (χ4n) is 2.43. The summed E-state index contributed by atoms with van der Waals surface area (Å²) < 4.78 is 33.9. The van der Waals surface area contributed by atoms with Crippen molar-refractivity contribution in [2.24, 2.45) is 0 Å². The van der Waals surface area contributed by atoms with Crippen LogP contribution in [0.2, 0.25) is 0 Å². The number of carbonyl (C=O) groups is 1. The first-order valence-corrected chi connectivity index (χ1v) is 10.1. The van der Waals surface area contributed by atoms with E-state index in [1.54, 1.807) is 49.4 Å². The number of halogens is 1. The molecule has 138 valence electrons. The Kier molecular flexibility index (Phi) is 6.75. The number of benzene rings is 2. The number of sulfonamides is 1. The average molecular weight is 438 g/mol. The molecule has 0 aliphatic heterocycles. The van der Waals surface area contributed by atoms with Crippen LogP contribution < -0.4 is 4.72 Å². The SMILES string of the molecule is CC=C(C(=O)OC)C(NS(=O)(=O)c1ccc(C)cc1)c1ccc(Br)cc1. The maximum atomic E-state index is 12.8. The zero-order valence-corrected chi connectivity index (χ0v) is 17.1. The van der Waals surface area contributed by atoms with Gasteiger partial charge in [-0.15, -0.1) is 0 Å². The molecule has 0 heterocycles. The molecule has 26 heavy (non-hydrogen) atoms. The molecule has 1 atom stereocenters. The largest absolute Gasteiger partial charge is 0.466 e. The highest BCUT2D eigenvalue weighted by Gasteiger charge is 2.28. The third-order valence-electron chi connectivity index (χ3n) is 3.85. The van der Waals surface area contributed by atoms with E-state index in [0.29, 0.717) is 5.56 Å². The first-order chi connectivity index (χ1) is 12.3. The number of rotatable bonds is 6. The molecule has 2 rings (SSSR count). The van der Waals surface area contributed by atoms with Crippen molar-refractivity contribution in [2.75, 3.05) is 7.11 Å². The van der Waals surface area contributed by atoms with E-state index in [1.165, 1.54) is 19.2 Å². The quantitative estimate of drug-likeness (QED) is 0.549. The van der Waals surface area contributed by atoms with Crippen molar-refractivity contribution in [3.63, 3.8) is 0 Å². The lowest BCUT2D eigenvalue weighted by molar-refractivity contribution is -0.136. The Hall–Kier alpha value is -1.96. The van der Waals surface area contributed by atoms with E-state index in [2.05, 4.69) is 20.7 Å². The first-order valence-electron chi connectivity index (χ1n) is 7.87. The minimum absolute atomic E-state index is 0.130. The van der Waals surface area contributed by atoms with Gasteiger partial charge in [0.05, 0.1) is 23.6 Å². The van der Waals surface area contributed by atoms with E-state index in [-0.39, 0.29) is 10.5 Å². The van der Waals surface area contributed by atoms with Gasteiger partial charge in [-0.1, -0.05) is 51.8 Å². The van der Waals surface area contributed by atoms with Crippen LogP contribution in [0.25, 0.3) is 0 Å². The second-order valence-electron chi connectivity index (χ2n) is 5.65. The van der Waals surface area contributed by atoms with E-state index >= 15 is 0 Å². The summed E-state index contributed by atoms with van der Waals surface area (Å²) in [6, 6.07) is 12.7. The molecule has 7 heteroatoms. The van der Waals surface area contributed by atoms with Crippen molar-refractivity contribution in [2.45, 2.75) is 24.8 Å². The maximum Gasteiger partial charge on any atom is 0.335 e.